The van der Waals surface area contributed by atoms with Gasteiger partial charge >= 0.3 is 0 Å². The van der Waals surface area contributed by atoms with Crippen LogP contribution in [-0.2, 0) is 11.2 Å². The number of methoxy groups -OCH3 is 1. The van der Waals surface area contributed by atoms with E-state index in [-0.39, 0.29) is 0 Å². The van der Waals surface area contributed by atoms with Crippen molar-refractivity contribution < 1.29 is 9.84 Å². The van der Waals surface area contributed by atoms with Crippen molar-refractivity contribution in [3.63, 3.8) is 0 Å². The lowest BCUT2D eigenvalue weighted by Gasteiger charge is -2.23. The lowest BCUT2D eigenvalue weighted by atomic mass is 9.96. The van der Waals surface area contributed by atoms with Crippen LogP contribution in [0.15, 0.2) is 24.4 Å². The third-order valence-electron chi connectivity index (χ3n) is 2.61. The smallest absolute Gasteiger partial charge is 0.0687 e. The lowest BCUT2D eigenvalue weighted by molar-refractivity contribution is 0.0501. The standard InChI is InChI=1S/C13H22N2O2/c1-13(16,6-8-14-9-10-17-2)11-12-5-3-4-7-15-12/h3-5,7,14,16H,6,8-11H2,1-2H3. The van der Waals surface area contributed by atoms with Gasteiger partial charge in [0, 0.05) is 32.0 Å². The third kappa shape index (κ3) is 6.36. The Morgan fingerprint density at radius 2 is 2.24 bits per heavy atom. The molecule has 0 amide bonds. The van der Waals surface area contributed by atoms with Crippen molar-refractivity contribution in [2.75, 3.05) is 26.8 Å². The van der Waals surface area contributed by atoms with Crippen molar-refractivity contribution in [2.24, 2.45) is 0 Å². The van der Waals surface area contributed by atoms with E-state index in [1.54, 1.807) is 13.3 Å². The molecule has 2 N–H and O–H groups in total. The number of aromatic nitrogens is 1. The highest BCUT2D eigenvalue weighted by Gasteiger charge is 2.20. The number of rotatable bonds is 8. The molecule has 0 aliphatic heterocycles. The van der Waals surface area contributed by atoms with Gasteiger partial charge in [0.2, 0.25) is 0 Å². The summed E-state index contributed by atoms with van der Waals surface area (Å²) < 4.78 is 4.93. The van der Waals surface area contributed by atoms with Crippen molar-refractivity contribution in [2.45, 2.75) is 25.4 Å². The second-order valence-electron chi connectivity index (χ2n) is 4.49. The zero-order valence-electron chi connectivity index (χ0n) is 10.6. The Balaban J connectivity index is 2.26. The first-order valence-electron chi connectivity index (χ1n) is 5.96. The predicted octanol–water partition coefficient (Wildman–Crippen LogP) is 1.00. The predicted molar refractivity (Wildman–Crippen MR) is 67.9 cm³/mol. The second kappa shape index (κ2) is 7.37. The number of pyridine rings is 1. The zero-order chi connectivity index (χ0) is 12.6. The van der Waals surface area contributed by atoms with Gasteiger partial charge in [-0.05, 0) is 32.0 Å². The van der Waals surface area contributed by atoms with Crippen LogP contribution in [0.25, 0.3) is 0 Å². The topological polar surface area (TPSA) is 54.4 Å². The minimum atomic E-state index is -0.714. The minimum absolute atomic E-state index is 0.583. The fraction of sp³-hybridized carbons (Fsp3) is 0.615. The number of nitrogens with one attached hydrogen (secondary N) is 1. The van der Waals surface area contributed by atoms with Crippen LogP contribution >= 0.6 is 0 Å². The van der Waals surface area contributed by atoms with Gasteiger partial charge in [-0.2, -0.15) is 0 Å². The van der Waals surface area contributed by atoms with Crippen LogP contribution in [0.1, 0.15) is 19.0 Å². The fourth-order valence-electron chi connectivity index (χ4n) is 1.64. The molecule has 4 nitrogen and oxygen atoms in total. The van der Waals surface area contributed by atoms with Crippen LogP contribution in [0, 0.1) is 0 Å². The molecular weight excluding hydrogens is 216 g/mol. The molecule has 1 atom stereocenters. The Kier molecular flexibility index (Phi) is 6.11. The molecule has 0 radical (unpaired) electrons. The van der Waals surface area contributed by atoms with Gasteiger partial charge < -0.3 is 15.2 Å². The van der Waals surface area contributed by atoms with E-state index >= 15 is 0 Å². The molecule has 17 heavy (non-hydrogen) atoms. The van der Waals surface area contributed by atoms with Gasteiger partial charge in [0.05, 0.1) is 12.2 Å². The Hall–Kier alpha value is -0.970. The van der Waals surface area contributed by atoms with Crippen LogP contribution in [0.2, 0.25) is 0 Å². The van der Waals surface area contributed by atoms with Crippen molar-refractivity contribution in [1.29, 1.82) is 0 Å². The maximum atomic E-state index is 10.2. The highest BCUT2D eigenvalue weighted by molar-refractivity contribution is 5.06. The van der Waals surface area contributed by atoms with Gasteiger partial charge in [0.15, 0.2) is 0 Å². The van der Waals surface area contributed by atoms with E-state index in [0.29, 0.717) is 19.4 Å². The van der Waals surface area contributed by atoms with Gasteiger partial charge in [-0.1, -0.05) is 6.07 Å². The summed E-state index contributed by atoms with van der Waals surface area (Å²) in [4.78, 5) is 4.22. The first kappa shape index (κ1) is 14.1. The quantitative estimate of drug-likeness (QED) is 0.663. The molecule has 1 aromatic heterocycles. The highest BCUT2D eigenvalue weighted by Crippen LogP contribution is 2.14. The molecule has 4 heteroatoms. The molecule has 0 aliphatic rings. The minimum Gasteiger partial charge on any atom is -0.390 e. The third-order valence-corrected chi connectivity index (χ3v) is 2.61. The highest BCUT2D eigenvalue weighted by atomic mass is 16.5. The summed E-state index contributed by atoms with van der Waals surface area (Å²) in [6, 6.07) is 5.76. The largest absolute Gasteiger partial charge is 0.390 e. The number of ether oxygens (including phenoxy) is 1. The number of nitrogens with zero attached hydrogens (tertiary/aromatic N) is 1. The van der Waals surface area contributed by atoms with E-state index in [1.165, 1.54) is 0 Å². The van der Waals surface area contributed by atoms with Gasteiger partial charge in [0.1, 0.15) is 0 Å². The summed E-state index contributed by atoms with van der Waals surface area (Å²) in [5.74, 6) is 0. The lowest BCUT2D eigenvalue weighted by Crippen LogP contribution is -2.33. The maximum absolute atomic E-state index is 10.2. The Bertz CT molecular complexity index is 302. The molecule has 0 spiro atoms. The molecular formula is C13H22N2O2. The van der Waals surface area contributed by atoms with Crippen LogP contribution < -0.4 is 5.32 Å². The van der Waals surface area contributed by atoms with Crippen LogP contribution in [-0.4, -0.2) is 42.5 Å². The van der Waals surface area contributed by atoms with Crippen LogP contribution in [0.5, 0.6) is 0 Å². The first-order chi connectivity index (χ1) is 8.14. The summed E-state index contributed by atoms with van der Waals surface area (Å²) in [7, 11) is 1.68. The zero-order valence-corrected chi connectivity index (χ0v) is 10.6. The van der Waals surface area contributed by atoms with Gasteiger partial charge in [-0.15, -0.1) is 0 Å². The maximum Gasteiger partial charge on any atom is 0.0687 e. The summed E-state index contributed by atoms with van der Waals surface area (Å²) in [6.07, 6.45) is 3.04. The SMILES string of the molecule is COCCNCCC(C)(O)Cc1ccccn1. The van der Waals surface area contributed by atoms with Gasteiger partial charge in [-0.25, -0.2) is 0 Å². The first-order valence-corrected chi connectivity index (χ1v) is 5.96. The van der Waals surface area contributed by atoms with Crippen LogP contribution in [0.3, 0.4) is 0 Å². The fourth-order valence-corrected chi connectivity index (χ4v) is 1.64. The molecule has 1 rings (SSSR count). The molecule has 1 aromatic rings. The molecule has 1 heterocycles. The molecule has 0 aromatic carbocycles. The molecule has 1 unspecified atom stereocenters. The Labute approximate surface area is 103 Å². The Morgan fingerprint density at radius 1 is 1.41 bits per heavy atom. The van der Waals surface area contributed by atoms with E-state index in [2.05, 4.69) is 10.3 Å². The van der Waals surface area contributed by atoms with E-state index in [9.17, 15) is 5.11 Å². The Morgan fingerprint density at radius 3 is 2.88 bits per heavy atom. The average Bonchev–Trinajstić information content (AvgIpc) is 2.29. The van der Waals surface area contributed by atoms with E-state index in [1.807, 2.05) is 25.1 Å². The number of hydrogen-bond acceptors (Lipinski definition) is 4. The molecule has 96 valence electrons. The summed E-state index contributed by atoms with van der Waals surface area (Å²) in [5.41, 5.74) is 0.211. The molecule has 0 aliphatic carbocycles. The molecule has 0 saturated heterocycles. The van der Waals surface area contributed by atoms with Crippen molar-refractivity contribution >= 4 is 0 Å². The van der Waals surface area contributed by atoms with E-state index in [4.69, 9.17) is 4.74 Å². The van der Waals surface area contributed by atoms with Crippen molar-refractivity contribution in [3.05, 3.63) is 30.1 Å². The van der Waals surface area contributed by atoms with Crippen molar-refractivity contribution in [1.82, 2.24) is 10.3 Å². The molecule has 0 saturated carbocycles. The number of hydrogen-bond donors (Lipinski definition) is 2. The normalized spacial score (nSPS) is 14.5. The molecule has 0 fully saturated rings. The van der Waals surface area contributed by atoms with E-state index in [0.717, 1.165) is 18.8 Å². The van der Waals surface area contributed by atoms with Crippen molar-refractivity contribution in [3.8, 4) is 0 Å². The summed E-state index contributed by atoms with van der Waals surface area (Å²) in [6.45, 7) is 4.14. The van der Waals surface area contributed by atoms with Gasteiger partial charge in [0.25, 0.3) is 0 Å². The average molecular weight is 238 g/mol. The number of aliphatic hydroxyl groups is 1. The second-order valence-corrected chi connectivity index (χ2v) is 4.49. The van der Waals surface area contributed by atoms with Crippen LogP contribution in [0.4, 0.5) is 0 Å². The van der Waals surface area contributed by atoms with E-state index < -0.39 is 5.60 Å². The molecule has 0 bridgehead atoms. The van der Waals surface area contributed by atoms with Gasteiger partial charge in [-0.3, -0.25) is 4.98 Å². The summed E-state index contributed by atoms with van der Waals surface area (Å²) >= 11 is 0. The summed E-state index contributed by atoms with van der Waals surface area (Å²) in [5, 5.41) is 13.4. The monoisotopic (exact) mass is 238 g/mol.